The van der Waals surface area contributed by atoms with Gasteiger partial charge < -0.3 is 5.32 Å². The molecule has 0 amide bonds. The molecule has 1 aromatic heterocycles. The summed E-state index contributed by atoms with van der Waals surface area (Å²) in [7, 11) is 1.91. The van der Waals surface area contributed by atoms with E-state index >= 15 is 0 Å². The van der Waals surface area contributed by atoms with E-state index in [0.29, 0.717) is 11.3 Å². The van der Waals surface area contributed by atoms with Gasteiger partial charge in [0.25, 0.3) is 0 Å². The molecule has 0 bridgehead atoms. The number of halogens is 1. The lowest BCUT2D eigenvalue weighted by molar-refractivity contribution is 0.607. The fourth-order valence-corrected chi connectivity index (χ4v) is 2.32. The molecule has 1 unspecified atom stereocenters. The van der Waals surface area contributed by atoms with Crippen molar-refractivity contribution in [2.75, 3.05) is 12.4 Å². The highest BCUT2D eigenvalue weighted by molar-refractivity contribution is 14.1. The van der Waals surface area contributed by atoms with E-state index in [4.69, 9.17) is 0 Å². The minimum Gasteiger partial charge on any atom is -0.372 e. The van der Waals surface area contributed by atoms with Gasteiger partial charge in [0.2, 0.25) is 0 Å². The molecule has 1 N–H and O–H groups in total. The first-order valence-electron chi connectivity index (χ1n) is 5.17. The number of hydrogen-bond acceptors (Lipinski definition) is 3. The average molecular weight is 317 g/mol. The summed E-state index contributed by atoms with van der Waals surface area (Å²) in [6, 6.07) is 0. The number of anilines is 1. The van der Waals surface area contributed by atoms with Gasteiger partial charge in [0, 0.05) is 13.0 Å². The Balaban J connectivity index is 2.39. The quantitative estimate of drug-likeness (QED) is 0.852. The molecular weight excluding hydrogens is 301 g/mol. The van der Waals surface area contributed by atoms with Crippen molar-refractivity contribution in [1.82, 2.24) is 9.97 Å². The molecule has 0 aliphatic heterocycles. The summed E-state index contributed by atoms with van der Waals surface area (Å²) in [6.45, 7) is 6.59. The van der Waals surface area contributed by atoms with Gasteiger partial charge in [-0.15, -0.1) is 0 Å². The van der Waals surface area contributed by atoms with Crippen LogP contribution in [0.15, 0.2) is 0 Å². The van der Waals surface area contributed by atoms with Crippen LogP contribution in [0.1, 0.15) is 37.7 Å². The summed E-state index contributed by atoms with van der Waals surface area (Å²) in [6.07, 6.45) is 1.20. The topological polar surface area (TPSA) is 37.8 Å². The lowest BCUT2D eigenvalue weighted by atomic mass is 10.1. The Labute approximate surface area is 104 Å². The van der Waals surface area contributed by atoms with Gasteiger partial charge in [-0.2, -0.15) is 0 Å². The predicted octanol–water partition coefficient (Wildman–Crippen LogP) is 2.94. The summed E-state index contributed by atoms with van der Waals surface area (Å²) in [4.78, 5) is 9.16. The molecule has 0 saturated heterocycles. The number of aromatic nitrogens is 2. The Hall–Kier alpha value is -0.390. The molecule has 0 aromatic carbocycles. The van der Waals surface area contributed by atoms with Crippen LogP contribution in [-0.2, 0) is 0 Å². The Morgan fingerprint density at radius 3 is 2.47 bits per heavy atom. The normalized spacial score (nSPS) is 22.6. The van der Waals surface area contributed by atoms with Gasteiger partial charge in [0.15, 0.2) is 0 Å². The molecule has 1 atom stereocenters. The highest BCUT2D eigenvalue weighted by Gasteiger charge is 2.48. The van der Waals surface area contributed by atoms with Crippen LogP contribution in [0.4, 0.5) is 5.82 Å². The first-order valence-corrected chi connectivity index (χ1v) is 6.25. The standard InChI is InChI=1S/C11H16IN3/c1-6-8(12)10(13-4)15-9(14-6)7-5-11(7,2)3/h7H,5H2,1-4H3,(H,13,14,15). The lowest BCUT2D eigenvalue weighted by Crippen LogP contribution is -2.06. The largest absolute Gasteiger partial charge is 0.372 e. The summed E-state index contributed by atoms with van der Waals surface area (Å²) in [5.74, 6) is 2.50. The molecule has 4 heteroatoms. The Bertz CT molecular complexity index is 401. The number of hydrogen-bond donors (Lipinski definition) is 1. The van der Waals surface area contributed by atoms with Crippen LogP contribution >= 0.6 is 22.6 Å². The van der Waals surface area contributed by atoms with E-state index in [-0.39, 0.29) is 0 Å². The van der Waals surface area contributed by atoms with E-state index in [1.165, 1.54) is 6.42 Å². The summed E-state index contributed by atoms with van der Waals surface area (Å²) in [5.41, 5.74) is 1.47. The molecule has 0 spiro atoms. The van der Waals surface area contributed by atoms with Crippen molar-refractivity contribution in [2.45, 2.75) is 33.1 Å². The van der Waals surface area contributed by atoms with Gasteiger partial charge in [-0.1, -0.05) is 13.8 Å². The molecule has 1 saturated carbocycles. The second-order valence-corrected chi connectivity index (χ2v) is 5.90. The van der Waals surface area contributed by atoms with Gasteiger partial charge in [0.1, 0.15) is 11.6 Å². The van der Waals surface area contributed by atoms with E-state index in [9.17, 15) is 0 Å². The third-order valence-corrected chi connectivity index (χ3v) is 4.39. The number of rotatable bonds is 2. The maximum Gasteiger partial charge on any atom is 0.143 e. The summed E-state index contributed by atoms with van der Waals surface area (Å²) in [5, 5.41) is 3.13. The number of nitrogens with one attached hydrogen (secondary N) is 1. The molecule has 0 radical (unpaired) electrons. The molecule has 15 heavy (non-hydrogen) atoms. The van der Waals surface area contributed by atoms with Crippen molar-refractivity contribution in [3.63, 3.8) is 0 Å². The van der Waals surface area contributed by atoms with E-state index in [2.05, 4.69) is 51.7 Å². The van der Waals surface area contributed by atoms with Crippen LogP contribution in [0, 0.1) is 15.9 Å². The SMILES string of the molecule is CNc1nc(C2CC2(C)C)nc(C)c1I. The fourth-order valence-electron chi connectivity index (χ4n) is 1.81. The summed E-state index contributed by atoms with van der Waals surface area (Å²) < 4.78 is 1.12. The lowest BCUT2D eigenvalue weighted by Gasteiger charge is -2.09. The van der Waals surface area contributed by atoms with Gasteiger partial charge in [-0.25, -0.2) is 9.97 Å². The van der Waals surface area contributed by atoms with Crippen molar-refractivity contribution in [2.24, 2.45) is 5.41 Å². The first kappa shape index (κ1) is 11.1. The van der Waals surface area contributed by atoms with Crippen molar-refractivity contribution < 1.29 is 0 Å². The van der Waals surface area contributed by atoms with E-state index in [1.807, 2.05) is 14.0 Å². The van der Waals surface area contributed by atoms with E-state index < -0.39 is 0 Å². The number of nitrogens with zero attached hydrogens (tertiary/aromatic N) is 2. The number of aryl methyl sites for hydroxylation is 1. The predicted molar refractivity (Wildman–Crippen MR) is 70.2 cm³/mol. The Morgan fingerprint density at radius 1 is 1.40 bits per heavy atom. The average Bonchev–Trinajstić information content (AvgIpc) is 2.80. The molecule has 82 valence electrons. The highest BCUT2D eigenvalue weighted by Crippen LogP contribution is 2.57. The third kappa shape index (κ3) is 1.96. The molecule has 1 heterocycles. The van der Waals surface area contributed by atoms with Crippen LogP contribution in [0.5, 0.6) is 0 Å². The van der Waals surface area contributed by atoms with E-state index in [0.717, 1.165) is 20.9 Å². The fraction of sp³-hybridized carbons (Fsp3) is 0.636. The molecular formula is C11H16IN3. The van der Waals surface area contributed by atoms with Crippen LogP contribution in [0.25, 0.3) is 0 Å². The van der Waals surface area contributed by atoms with Gasteiger partial charge >= 0.3 is 0 Å². The van der Waals surface area contributed by atoms with Gasteiger partial charge in [-0.05, 0) is 41.4 Å². The smallest absolute Gasteiger partial charge is 0.143 e. The third-order valence-electron chi connectivity index (χ3n) is 3.10. The monoisotopic (exact) mass is 317 g/mol. The Kier molecular flexibility index (Phi) is 2.65. The maximum atomic E-state index is 4.58. The van der Waals surface area contributed by atoms with Crippen LogP contribution in [0.2, 0.25) is 0 Å². The first-order chi connectivity index (χ1) is 6.95. The van der Waals surface area contributed by atoms with Crippen molar-refractivity contribution in [3.05, 3.63) is 15.1 Å². The van der Waals surface area contributed by atoms with E-state index in [1.54, 1.807) is 0 Å². The van der Waals surface area contributed by atoms with Gasteiger partial charge in [-0.3, -0.25) is 0 Å². The van der Waals surface area contributed by atoms with Crippen molar-refractivity contribution in [1.29, 1.82) is 0 Å². The summed E-state index contributed by atoms with van der Waals surface area (Å²) >= 11 is 2.29. The van der Waals surface area contributed by atoms with Crippen molar-refractivity contribution in [3.8, 4) is 0 Å². The molecule has 3 nitrogen and oxygen atoms in total. The second kappa shape index (κ2) is 3.57. The van der Waals surface area contributed by atoms with Crippen LogP contribution in [-0.4, -0.2) is 17.0 Å². The molecule has 1 aliphatic rings. The maximum absolute atomic E-state index is 4.58. The molecule has 1 aliphatic carbocycles. The minimum absolute atomic E-state index is 0.393. The second-order valence-electron chi connectivity index (χ2n) is 4.83. The zero-order valence-corrected chi connectivity index (χ0v) is 11.7. The molecule has 1 aromatic rings. The van der Waals surface area contributed by atoms with Gasteiger partial charge in [0.05, 0.1) is 9.26 Å². The van der Waals surface area contributed by atoms with Crippen LogP contribution in [0.3, 0.4) is 0 Å². The molecule has 1 fully saturated rings. The zero-order valence-electron chi connectivity index (χ0n) is 9.56. The minimum atomic E-state index is 0.393. The van der Waals surface area contributed by atoms with Crippen molar-refractivity contribution >= 4 is 28.4 Å². The zero-order chi connectivity index (χ0) is 11.2. The molecule has 2 rings (SSSR count). The van der Waals surface area contributed by atoms with Crippen LogP contribution < -0.4 is 5.32 Å². The Morgan fingerprint density at radius 2 is 2.00 bits per heavy atom. The highest BCUT2D eigenvalue weighted by atomic mass is 127.